The Morgan fingerprint density at radius 2 is 1.50 bits per heavy atom. The Labute approximate surface area is 227 Å². The number of halogens is 3. The van der Waals surface area contributed by atoms with E-state index >= 15 is 0 Å². The molecule has 0 aliphatic carbocycles. The van der Waals surface area contributed by atoms with E-state index in [2.05, 4.69) is 4.90 Å². The maximum Gasteiger partial charge on any atom is 0.243 e. The van der Waals surface area contributed by atoms with Crippen molar-refractivity contribution in [2.45, 2.75) is 18.4 Å². The van der Waals surface area contributed by atoms with Crippen molar-refractivity contribution >= 4 is 56.4 Å². The third-order valence-electron chi connectivity index (χ3n) is 6.17. The Kier molecular flexibility index (Phi) is 8.48. The summed E-state index contributed by atoms with van der Waals surface area (Å²) < 4.78 is 28.4. The van der Waals surface area contributed by atoms with E-state index < -0.39 is 10.0 Å². The number of carbonyl (C=O) groups is 1. The molecule has 1 saturated heterocycles. The Bertz CT molecular complexity index is 1320. The number of anilines is 1. The molecule has 0 unspecified atom stereocenters. The van der Waals surface area contributed by atoms with Crippen molar-refractivity contribution < 1.29 is 13.2 Å². The van der Waals surface area contributed by atoms with E-state index in [1.807, 2.05) is 31.2 Å². The topological polar surface area (TPSA) is 60.9 Å². The number of benzene rings is 3. The van der Waals surface area contributed by atoms with Gasteiger partial charge in [0.1, 0.15) is 0 Å². The number of nitrogens with zero attached hydrogens (tertiary/aromatic N) is 3. The first kappa shape index (κ1) is 26.8. The summed E-state index contributed by atoms with van der Waals surface area (Å²) in [7, 11) is -4.00. The van der Waals surface area contributed by atoms with Gasteiger partial charge in [0.05, 0.1) is 11.4 Å². The number of hydrogen-bond donors (Lipinski definition) is 0. The first-order valence-corrected chi connectivity index (χ1v) is 14.0. The lowest BCUT2D eigenvalue weighted by atomic mass is 10.2. The van der Waals surface area contributed by atoms with Crippen LogP contribution in [0.3, 0.4) is 0 Å². The molecule has 1 amide bonds. The highest BCUT2D eigenvalue weighted by atomic mass is 35.5. The van der Waals surface area contributed by atoms with Crippen LogP contribution in [0.15, 0.2) is 71.6 Å². The lowest BCUT2D eigenvalue weighted by Gasteiger charge is -2.37. The minimum Gasteiger partial charge on any atom is -0.368 e. The molecule has 3 aromatic rings. The van der Waals surface area contributed by atoms with Crippen molar-refractivity contribution in [1.29, 1.82) is 0 Å². The number of sulfonamides is 1. The first-order chi connectivity index (χ1) is 17.1. The number of aryl methyl sites for hydroxylation is 1. The van der Waals surface area contributed by atoms with Crippen molar-refractivity contribution in [2.24, 2.45) is 0 Å². The third kappa shape index (κ3) is 6.15. The van der Waals surface area contributed by atoms with Crippen LogP contribution in [0.5, 0.6) is 0 Å². The summed E-state index contributed by atoms with van der Waals surface area (Å²) in [5, 5.41) is 1.34. The third-order valence-corrected chi connectivity index (χ3v) is 8.92. The lowest BCUT2D eigenvalue weighted by Crippen LogP contribution is -2.51. The van der Waals surface area contributed by atoms with Crippen molar-refractivity contribution in [3.63, 3.8) is 0 Å². The van der Waals surface area contributed by atoms with Gasteiger partial charge in [0.25, 0.3) is 0 Å². The summed E-state index contributed by atoms with van der Waals surface area (Å²) >= 11 is 18.8. The van der Waals surface area contributed by atoms with Crippen LogP contribution in [0.4, 0.5) is 5.69 Å². The molecule has 10 heteroatoms. The maximum absolute atomic E-state index is 13.6. The van der Waals surface area contributed by atoms with E-state index in [0.717, 1.165) is 15.6 Å². The van der Waals surface area contributed by atoms with Crippen LogP contribution in [0, 0.1) is 6.92 Å². The van der Waals surface area contributed by atoms with E-state index in [0.29, 0.717) is 46.8 Å². The van der Waals surface area contributed by atoms with Crippen LogP contribution >= 0.6 is 34.8 Å². The summed E-state index contributed by atoms with van der Waals surface area (Å²) in [5.74, 6) is -0.278. The van der Waals surface area contributed by atoms with Crippen LogP contribution in [-0.2, 0) is 21.4 Å². The second-order valence-electron chi connectivity index (χ2n) is 8.63. The van der Waals surface area contributed by atoms with Crippen molar-refractivity contribution in [3.8, 4) is 0 Å². The molecule has 1 aliphatic rings. The van der Waals surface area contributed by atoms with Gasteiger partial charge in [-0.05, 0) is 49.4 Å². The molecule has 4 rings (SSSR count). The van der Waals surface area contributed by atoms with Crippen LogP contribution in [0.2, 0.25) is 15.1 Å². The average molecular weight is 567 g/mol. The molecular formula is C26H26Cl3N3O3S. The summed E-state index contributed by atoms with van der Waals surface area (Å²) in [6.45, 7) is 3.61. The zero-order valence-corrected chi connectivity index (χ0v) is 22.8. The highest BCUT2D eigenvalue weighted by Crippen LogP contribution is 2.28. The Balaban J connectivity index is 1.54. The number of rotatable bonds is 7. The molecule has 0 bridgehead atoms. The largest absolute Gasteiger partial charge is 0.368 e. The fourth-order valence-electron chi connectivity index (χ4n) is 4.08. The van der Waals surface area contributed by atoms with Gasteiger partial charge in [-0.15, -0.1) is 0 Å². The van der Waals surface area contributed by atoms with Gasteiger partial charge in [0.2, 0.25) is 15.9 Å². The minimum absolute atomic E-state index is 0.106. The van der Waals surface area contributed by atoms with Crippen LogP contribution in [0.25, 0.3) is 0 Å². The Morgan fingerprint density at radius 1 is 0.889 bits per heavy atom. The second kappa shape index (κ2) is 11.4. The zero-order valence-electron chi connectivity index (χ0n) is 19.7. The molecule has 190 valence electrons. The number of hydrogen-bond acceptors (Lipinski definition) is 4. The summed E-state index contributed by atoms with van der Waals surface area (Å²) in [4.78, 5) is 17.3. The van der Waals surface area contributed by atoms with Gasteiger partial charge in [0, 0.05) is 59.0 Å². The monoisotopic (exact) mass is 565 g/mol. The molecule has 0 N–H and O–H groups in total. The highest BCUT2D eigenvalue weighted by Gasteiger charge is 2.31. The van der Waals surface area contributed by atoms with E-state index in [1.54, 1.807) is 47.4 Å². The van der Waals surface area contributed by atoms with Crippen LogP contribution in [0.1, 0.15) is 11.1 Å². The normalized spacial score (nSPS) is 14.4. The molecule has 1 aliphatic heterocycles. The number of amides is 1. The van der Waals surface area contributed by atoms with Gasteiger partial charge in [-0.3, -0.25) is 4.79 Å². The standard InChI is InChI=1S/C26H26Cl3N3O3S/c1-19-8-10-22(11-9-19)36(34,35)32(17-23-24(28)6-3-7-25(23)29)18-26(33)31-14-12-30(13-15-31)21-5-2-4-20(27)16-21/h2-11,16H,12-15,17-18H2,1H3. The van der Waals surface area contributed by atoms with E-state index in [9.17, 15) is 13.2 Å². The van der Waals surface area contributed by atoms with Crippen molar-refractivity contribution in [2.75, 3.05) is 37.6 Å². The highest BCUT2D eigenvalue weighted by molar-refractivity contribution is 7.89. The second-order valence-corrected chi connectivity index (χ2v) is 11.8. The Morgan fingerprint density at radius 3 is 2.11 bits per heavy atom. The van der Waals surface area contributed by atoms with Gasteiger partial charge < -0.3 is 9.80 Å². The smallest absolute Gasteiger partial charge is 0.243 e. The summed E-state index contributed by atoms with van der Waals surface area (Å²) in [6.07, 6.45) is 0. The van der Waals surface area contributed by atoms with Crippen LogP contribution in [-0.4, -0.2) is 56.3 Å². The van der Waals surface area contributed by atoms with Gasteiger partial charge in [0.15, 0.2) is 0 Å². The molecule has 36 heavy (non-hydrogen) atoms. The predicted octanol–water partition coefficient (Wildman–Crippen LogP) is 5.49. The van der Waals surface area contributed by atoms with Gasteiger partial charge in [-0.2, -0.15) is 4.31 Å². The van der Waals surface area contributed by atoms with Gasteiger partial charge in [-0.25, -0.2) is 8.42 Å². The van der Waals surface area contributed by atoms with E-state index in [1.165, 1.54) is 0 Å². The molecule has 0 saturated carbocycles. The summed E-state index contributed by atoms with van der Waals surface area (Å²) in [5.41, 5.74) is 2.38. The molecule has 0 radical (unpaired) electrons. The molecule has 6 nitrogen and oxygen atoms in total. The molecule has 3 aromatic carbocycles. The molecule has 0 spiro atoms. The molecule has 1 heterocycles. The predicted molar refractivity (Wildman–Crippen MR) is 145 cm³/mol. The zero-order chi connectivity index (χ0) is 25.9. The van der Waals surface area contributed by atoms with E-state index in [4.69, 9.17) is 34.8 Å². The van der Waals surface area contributed by atoms with Crippen molar-refractivity contribution in [3.05, 3.63) is 92.9 Å². The SMILES string of the molecule is Cc1ccc(S(=O)(=O)N(CC(=O)N2CCN(c3cccc(Cl)c3)CC2)Cc2c(Cl)cccc2Cl)cc1. The van der Waals surface area contributed by atoms with E-state index in [-0.39, 0.29) is 23.9 Å². The fraction of sp³-hybridized carbons (Fsp3) is 0.269. The first-order valence-electron chi connectivity index (χ1n) is 11.4. The minimum atomic E-state index is -4.00. The number of piperazine rings is 1. The lowest BCUT2D eigenvalue weighted by molar-refractivity contribution is -0.131. The quantitative estimate of drug-likeness (QED) is 0.379. The molecule has 1 fully saturated rings. The molecular weight excluding hydrogens is 541 g/mol. The van der Waals surface area contributed by atoms with Crippen molar-refractivity contribution in [1.82, 2.24) is 9.21 Å². The number of carbonyl (C=O) groups excluding carboxylic acids is 1. The average Bonchev–Trinajstić information content (AvgIpc) is 2.86. The van der Waals surface area contributed by atoms with Gasteiger partial charge in [-0.1, -0.05) is 64.6 Å². The summed E-state index contributed by atoms with van der Waals surface area (Å²) in [6, 6.07) is 19.1. The molecule has 0 atom stereocenters. The fourth-order valence-corrected chi connectivity index (χ4v) is 6.14. The maximum atomic E-state index is 13.6. The Hall–Kier alpha value is -2.29. The molecule has 0 aromatic heterocycles. The van der Waals surface area contributed by atoms with Gasteiger partial charge >= 0.3 is 0 Å². The van der Waals surface area contributed by atoms with Crippen LogP contribution < -0.4 is 4.90 Å².